The summed E-state index contributed by atoms with van der Waals surface area (Å²) in [6, 6.07) is 30.5. The van der Waals surface area contributed by atoms with Crippen molar-refractivity contribution in [3.8, 4) is 11.5 Å². The van der Waals surface area contributed by atoms with Crippen molar-refractivity contribution < 1.29 is 57.2 Å². The number of nitrogens with one attached hydrogen (secondary N) is 1. The van der Waals surface area contributed by atoms with E-state index in [2.05, 4.69) is 5.32 Å². The Labute approximate surface area is 277 Å². The predicted molar refractivity (Wildman–Crippen MR) is 164 cm³/mol. The molecule has 2 N–H and O–H groups in total. The van der Waals surface area contributed by atoms with Gasteiger partial charge in [-0.25, -0.2) is 0 Å². The molecule has 5 aromatic carbocycles. The molecule has 0 saturated carbocycles. The van der Waals surface area contributed by atoms with E-state index in [0.717, 1.165) is 38.5 Å². The Morgan fingerprint density at radius 3 is 2.30 bits per heavy atom. The minimum Gasteiger partial charge on any atom is -0.545 e. The maximum absolute atomic E-state index is 12.1. The van der Waals surface area contributed by atoms with Gasteiger partial charge < -0.3 is 20.0 Å². The van der Waals surface area contributed by atoms with Crippen molar-refractivity contribution in [1.29, 1.82) is 0 Å². The summed E-state index contributed by atoms with van der Waals surface area (Å²) in [7, 11) is -4.31. The molecule has 0 amide bonds. The van der Waals surface area contributed by atoms with Gasteiger partial charge in [-0.15, -0.1) is 0 Å². The summed E-state index contributed by atoms with van der Waals surface area (Å²) >= 11 is 0. The number of carbonyl (C=O) groups excluding carboxylic acids is 1. The van der Waals surface area contributed by atoms with Crippen molar-refractivity contribution in [2.45, 2.75) is 18.7 Å². The zero-order chi connectivity index (χ0) is 30.3. The normalized spacial score (nSPS) is 12.4. The van der Waals surface area contributed by atoms with Crippen LogP contribution in [0.25, 0.3) is 11.6 Å². The number of anilines is 2. The van der Waals surface area contributed by atoms with Crippen molar-refractivity contribution in [3.05, 3.63) is 147 Å². The van der Waals surface area contributed by atoms with Gasteiger partial charge in [-0.05, 0) is 89.9 Å². The van der Waals surface area contributed by atoms with Gasteiger partial charge in [0.15, 0.2) is 0 Å². The van der Waals surface area contributed by atoms with E-state index in [1.54, 1.807) is 31.2 Å². The van der Waals surface area contributed by atoms with Gasteiger partial charge in [-0.1, -0.05) is 54.6 Å². The molecule has 0 saturated heterocycles. The molecule has 0 fully saturated rings. The fourth-order valence-electron chi connectivity index (χ4n) is 5.26. The van der Waals surface area contributed by atoms with Crippen molar-refractivity contribution in [2.24, 2.45) is 0 Å². The number of hydrogen-bond donors (Lipinski definition) is 2. The van der Waals surface area contributed by atoms with E-state index in [0.29, 0.717) is 28.2 Å². The van der Waals surface area contributed by atoms with E-state index < -0.39 is 16.1 Å². The van der Waals surface area contributed by atoms with Crippen LogP contribution in [0.15, 0.2) is 108 Å². The third-order valence-electron chi connectivity index (χ3n) is 7.45. The molecule has 6 rings (SSSR count). The van der Waals surface area contributed by atoms with Gasteiger partial charge in [-0.2, -0.15) is 8.42 Å². The van der Waals surface area contributed by atoms with E-state index in [4.69, 9.17) is 4.74 Å². The average molecular weight is 612 g/mol. The minimum atomic E-state index is -4.31. The number of ether oxygens (including phenoxy) is 1. The van der Waals surface area contributed by atoms with Gasteiger partial charge in [0.05, 0.1) is 10.9 Å². The number of rotatable bonds is 6. The molecule has 0 bridgehead atoms. The number of carboxylic acids is 1. The van der Waals surface area contributed by atoms with Gasteiger partial charge in [0.25, 0.3) is 10.1 Å². The molecule has 0 aliphatic carbocycles. The van der Waals surface area contributed by atoms with Crippen LogP contribution in [-0.2, 0) is 10.1 Å². The molecule has 1 aliphatic heterocycles. The second kappa shape index (κ2) is 12.4. The van der Waals surface area contributed by atoms with Crippen molar-refractivity contribution in [3.63, 3.8) is 0 Å². The van der Waals surface area contributed by atoms with Gasteiger partial charge in [0.1, 0.15) is 11.5 Å². The Morgan fingerprint density at radius 1 is 0.818 bits per heavy atom. The van der Waals surface area contributed by atoms with Crippen LogP contribution in [0.4, 0.5) is 11.4 Å². The fourth-order valence-corrected chi connectivity index (χ4v) is 5.83. The van der Waals surface area contributed by atoms with Crippen LogP contribution in [-0.4, -0.2) is 18.9 Å². The number of carboxylic acid groups (broad SMARTS) is 1. The summed E-state index contributed by atoms with van der Waals surface area (Å²) in [6.45, 7) is 3.78. The molecular formula is C35H26NNaO6S. The SMILES string of the molecule is Cc1cc(S(=O)(=O)O)ccc1/C=c1\ccc2c(c1)Oc1cc(Nc3ccccc3C)ccc1C=2c1ccccc1C(=O)[O-].[Na+]. The fraction of sp³-hybridized carbons (Fsp3) is 0.0571. The zero-order valence-corrected chi connectivity index (χ0v) is 27.1. The quantitative estimate of drug-likeness (QED) is 0.218. The monoisotopic (exact) mass is 611 g/mol. The van der Waals surface area contributed by atoms with Crippen LogP contribution in [0.3, 0.4) is 0 Å². The number of para-hydroxylation sites is 1. The van der Waals surface area contributed by atoms with E-state index in [1.807, 2.05) is 73.7 Å². The summed E-state index contributed by atoms with van der Waals surface area (Å²) in [5.74, 6) is -0.186. The first-order valence-electron chi connectivity index (χ1n) is 13.5. The predicted octanol–water partition coefficient (Wildman–Crippen LogP) is 1.84. The van der Waals surface area contributed by atoms with Gasteiger partial charge in [0.2, 0.25) is 0 Å². The summed E-state index contributed by atoms with van der Waals surface area (Å²) in [5, 5.41) is 17.1. The summed E-state index contributed by atoms with van der Waals surface area (Å²) in [6.07, 6.45) is 1.88. The summed E-state index contributed by atoms with van der Waals surface area (Å²) < 4.78 is 39.0. The molecule has 0 unspecified atom stereocenters. The van der Waals surface area contributed by atoms with Crippen LogP contribution in [0.1, 0.15) is 38.2 Å². The first kappa shape index (κ1) is 31.3. The maximum Gasteiger partial charge on any atom is 1.00 e. The van der Waals surface area contributed by atoms with Gasteiger partial charge in [0, 0.05) is 39.4 Å². The molecule has 1 aliphatic rings. The molecule has 214 valence electrons. The van der Waals surface area contributed by atoms with Crippen molar-refractivity contribution in [2.75, 3.05) is 5.32 Å². The molecule has 1 heterocycles. The minimum absolute atomic E-state index is 0. The molecule has 7 nitrogen and oxygen atoms in total. The number of carbonyl (C=O) groups is 1. The smallest absolute Gasteiger partial charge is 0.545 e. The molecule has 44 heavy (non-hydrogen) atoms. The average Bonchev–Trinajstić information content (AvgIpc) is 2.97. The maximum atomic E-state index is 12.1. The number of hydrogen-bond acceptors (Lipinski definition) is 6. The molecular weight excluding hydrogens is 585 g/mol. The zero-order valence-electron chi connectivity index (χ0n) is 24.3. The number of fused-ring (bicyclic) bond motifs is 2. The molecule has 0 aromatic heterocycles. The second-order valence-corrected chi connectivity index (χ2v) is 11.8. The number of aryl methyl sites for hydroxylation is 2. The first-order chi connectivity index (χ1) is 20.6. The molecule has 9 heteroatoms. The van der Waals surface area contributed by atoms with Crippen LogP contribution in [0.5, 0.6) is 11.5 Å². The van der Waals surface area contributed by atoms with Crippen LogP contribution >= 0.6 is 0 Å². The Balaban J connectivity index is 0.00000384. The molecule has 0 atom stereocenters. The number of aromatic carboxylic acids is 1. The molecule has 0 radical (unpaired) electrons. The third kappa shape index (κ3) is 6.22. The van der Waals surface area contributed by atoms with Crippen LogP contribution in [0, 0.1) is 13.8 Å². The largest absolute Gasteiger partial charge is 1.00 e. The van der Waals surface area contributed by atoms with Crippen LogP contribution < -0.4 is 55.2 Å². The van der Waals surface area contributed by atoms with Crippen molar-refractivity contribution in [1.82, 2.24) is 0 Å². The topological polar surface area (TPSA) is 116 Å². The standard InChI is InChI=1S/C35H27NO6S.Na/c1-21-7-3-6-10-31(21)36-25-13-16-30-33(20-25)42-32-19-23(18-24-12-14-26(17-22(24)2)43(39,40)41)11-15-29(32)34(30)27-8-4-5-9-28(27)35(37)38;/h3-20,36H,1-2H3,(H,37,38)(H,39,40,41);/q;+1/p-1/b23-18+;. The van der Waals surface area contributed by atoms with E-state index in [1.165, 1.54) is 18.2 Å². The van der Waals surface area contributed by atoms with Crippen LogP contribution in [0.2, 0.25) is 0 Å². The Kier molecular flexibility index (Phi) is 8.83. The van der Waals surface area contributed by atoms with E-state index >= 15 is 0 Å². The molecule has 5 aromatic rings. The van der Waals surface area contributed by atoms with E-state index in [-0.39, 0.29) is 40.0 Å². The Bertz CT molecular complexity index is 2180. The van der Waals surface area contributed by atoms with Crippen molar-refractivity contribution >= 4 is 39.1 Å². The van der Waals surface area contributed by atoms with E-state index in [9.17, 15) is 22.9 Å². The van der Waals surface area contributed by atoms with Gasteiger partial charge in [-0.3, -0.25) is 4.55 Å². The number of benzene rings is 5. The molecule has 0 spiro atoms. The first-order valence-corrected chi connectivity index (χ1v) is 14.9. The summed E-state index contributed by atoms with van der Waals surface area (Å²) in [4.78, 5) is 12.0. The third-order valence-corrected chi connectivity index (χ3v) is 8.30. The Hall–Kier alpha value is -4.18. The summed E-state index contributed by atoms with van der Waals surface area (Å²) in [5.41, 5.74) is 6.31. The second-order valence-electron chi connectivity index (χ2n) is 10.4. The Morgan fingerprint density at radius 2 is 1.57 bits per heavy atom. The van der Waals surface area contributed by atoms with Gasteiger partial charge >= 0.3 is 29.6 Å².